The molecular weight excluding hydrogens is 258 g/mol. The second-order valence-electron chi connectivity index (χ2n) is 3.56. The zero-order chi connectivity index (χ0) is 13.7. The van der Waals surface area contributed by atoms with Gasteiger partial charge in [-0.1, -0.05) is 0 Å². The van der Waals surface area contributed by atoms with Crippen LogP contribution in [0.25, 0.3) is 0 Å². The zero-order valence-corrected chi connectivity index (χ0v) is 10.5. The number of carbonyl (C=O) groups excluding carboxylic acids is 1. The van der Waals surface area contributed by atoms with Crippen LogP contribution in [0, 0.1) is 10.1 Å². The summed E-state index contributed by atoms with van der Waals surface area (Å²) in [5.41, 5.74) is 5.40. The molecule has 3 N–H and O–H groups in total. The number of nitrogens with two attached hydrogens (primary N) is 1. The molecule has 0 heterocycles. The van der Waals surface area contributed by atoms with Crippen LogP contribution in [-0.4, -0.2) is 33.6 Å². The average Bonchev–Trinajstić information content (AvgIpc) is 2.27. The van der Waals surface area contributed by atoms with E-state index in [0.29, 0.717) is 5.75 Å². The Kier molecular flexibility index (Phi) is 4.78. The van der Waals surface area contributed by atoms with E-state index in [2.05, 4.69) is 5.32 Å². The van der Waals surface area contributed by atoms with Crippen molar-refractivity contribution < 1.29 is 13.9 Å². The summed E-state index contributed by atoms with van der Waals surface area (Å²) < 4.78 is 10.8. The Morgan fingerprint density at radius 2 is 2.22 bits per heavy atom. The molecule has 1 rings (SSSR count). The van der Waals surface area contributed by atoms with Gasteiger partial charge >= 0.3 is 0 Å². The van der Waals surface area contributed by atoms with Gasteiger partial charge in [-0.05, 0) is 12.1 Å². The molecule has 0 saturated heterocycles. The van der Waals surface area contributed by atoms with Gasteiger partial charge in [0.1, 0.15) is 5.69 Å². The van der Waals surface area contributed by atoms with Gasteiger partial charge in [-0.25, -0.2) is 0 Å². The Hall–Kier alpha value is -1.96. The number of benzene rings is 1. The molecule has 0 aliphatic rings. The van der Waals surface area contributed by atoms with Gasteiger partial charge in [0.15, 0.2) is 0 Å². The van der Waals surface area contributed by atoms with Crippen LogP contribution in [0.1, 0.15) is 10.4 Å². The van der Waals surface area contributed by atoms with Gasteiger partial charge in [-0.2, -0.15) is 0 Å². The maximum atomic E-state index is 11.6. The number of hydrogen-bond acceptors (Lipinski definition) is 5. The molecule has 98 valence electrons. The van der Waals surface area contributed by atoms with Crippen molar-refractivity contribution in [2.45, 2.75) is 0 Å². The molecule has 0 saturated carbocycles. The molecule has 1 atom stereocenters. The number of nitrogens with one attached hydrogen (secondary N) is 1. The highest BCUT2D eigenvalue weighted by Crippen LogP contribution is 2.21. The Morgan fingerprint density at radius 1 is 1.56 bits per heavy atom. The number of rotatable bonds is 5. The molecule has 0 radical (unpaired) electrons. The summed E-state index contributed by atoms with van der Waals surface area (Å²) in [6.45, 7) is 0.277. The second-order valence-corrected chi connectivity index (χ2v) is 5.12. The van der Waals surface area contributed by atoms with Crippen molar-refractivity contribution in [3.8, 4) is 0 Å². The highest BCUT2D eigenvalue weighted by Gasteiger charge is 2.14. The lowest BCUT2D eigenvalue weighted by atomic mass is 10.1. The summed E-state index contributed by atoms with van der Waals surface area (Å²) in [4.78, 5) is 21.6. The Balaban J connectivity index is 2.72. The van der Waals surface area contributed by atoms with E-state index in [1.165, 1.54) is 24.5 Å². The lowest BCUT2D eigenvalue weighted by molar-refractivity contribution is -0.383. The van der Waals surface area contributed by atoms with E-state index >= 15 is 0 Å². The zero-order valence-electron chi connectivity index (χ0n) is 9.71. The minimum Gasteiger partial charge on any atom is -0.393 e. The van der Waals surface area contributed by atoms with Gasteiger partial charge in [0.2, 0.25) is 0 Å². The van der Waals surface area contributed by atoms with E-state index < -0.39 is 21.6 Å². The van der Waals surface area contributed by atoms with Crippen molar-refractivity contribution in [3.05, 3.63) is 33.9 Å². The fourth-order valence-electron chi connectivity index (χ4n) is 1.27. The molecule has 1 unspecified atom stereocenters. The van der Waals surface area contributed by atoms with Crippen molar-refractivity contribution in [2.24, 2.45) is 0 Å². The van der Waals surface area contributed by atoms with Crippen LogP contribution in [0.4, 0.5) is 11.4 Å². The molecule has 7 nitrogen and oxygen atoms in total. The molecule has 0 aromatic heterocycles. The van der Waals surface area contributed by atoms with Crippen LogP contribution in [0.15, 0.2) is 18.2 Å². The minimum atomic E-state index is -0.981. The van der Waals surface area contributed by atoms with Crippen LogP contribution in [0.3, 0.4) is 0 Å². The molecule has 1 aromatic carbocycles. The van der Waals surface area contributed by atoms with Crippen LogP contribution < -0.4 is 11.1 Å². The lowest BCUT2D eigenvalue weighted by Crippen LogP contribution is -2.27. The first-order chi connectivity index (χ1) is 8.41. The number of nitrogen functional groups attached to an aromatic ring is 1. The number of amides is 1. The monoisotopic (exact) mass is 271 g/mol. The maximum absolute atomic E-state index is 11.6. The summed E-state index contributed by atoms with van der Waals surface area (Å²) in [6.07, 6.45) is 1.54. The van der Waals surface area contributed by atoms with E-state index in [9.17, 15) is 19.1 Å². The second kappa shape index (κ2) is 6.10. The Morgan fingerprint density at radius 3 is 2.72 bits per heavy atom. The van der Waals surface area contributed by atoms with Crippen LogP contribution in [0.2, 0.25) is 0 Å². The quantitative estimate of drug-likeness (QED) is 0.453. The third kappa shape index (κ3) is 3.81. The molecule has 18 heavy (non-hydrogen) atoms. The third-order valence-electron chi connectivity index (χ3n) is 2.16. The number of nitrogens with zero attached hydrogens (tertiary/aromatic N) is 1. The SMILES string of the molecule is CS(=O)CCNC(=O)c1ccc([N+](=O)[O-])c(N)c1. The number of anilines is 1. The molecule has 0 fully saturated rings. The molecular formula is C10H13N3O4S. The smallest absolute Gasteiger partial charge is 0.292 e. The molecule has 0 aliphatic heterocycles. The molecule has 0 spiro atoms. The standard InChI is InChI=1S/C10H13N3O4S/c1-18(17)5-4-12-10(14)7-2-3-9(13(15)16)8(11)6-7/h2-3,6H,4-5,11H2,1H3,(H,12,14). The number of nitro groups is 1. The number of nitro benzene ring substituents is 1. The van der Waals surface area contributed by atoms with E-state index in [1.807, 2.05) is 0 Å². The van der Waals surface area contributed by atoms with Crippen LogP contribution in [-0.2, 0) is 10.8 Å². The van der Waals surface area contributed by atoms with Crippen molar-refractivity contribution in [2.75, 3.05) is 24.3 Å². The number of hydrogen-bond donors (Lipinski definition) is 2. The van der Waals surface area contributed by atoms with Gasteiger partial charge in [-0.3, -0.25) is 19.1 Å². The van der Waals surface area contributed by atoms with Crippen LogP contribution in [0.5, 0.6) is 0 Å². The predicted octanol–water partition coefficient (Wildman–Crippen LogP) is 0.285. The lowest BCUT2D eigenvalue weighted by Gasteiger charge is -2.05. The van der Waals surface area contributed by atoms with Crippen molar-refractivity contribution in [3.63, 3.8) is 0 Å². The summed E-state index contributed by atoms with van der Waals surface area (Å²) in [7, 11) is -0.981. The largest absolute Gasteiger partial charge is 0.393 e. The van der Waals surface area contributed by atoms with Crippen molar-refractivity contribution in [1.29, 1.82) is 0 Å². The normalized spacial score (nSPS) is 11.8. The molecule has 0 bridgehead atoms. The summed E-state index contributed by atoms with van der Waals surface area (Å²) in [6, 6.07) is 3.76. The highest BCUT2D eigenvalue weighted by molar-refractivity contribution is 7.84. The van der Waals surface area contributed by atoms with Gasteiger partial charge in [0, 0.05) is 41.0 Å². The molecule has 8 heteroatoms. The summed E-state index contributed by atoms with van der Waals surface area (Å²) in [5, 5.41) is 13.1. The predicted molar refractivity (Wildman–Crippen MR) is 68.8 cm³/mol. The molecule has 1 aromatic rings. The fraction of sp³-hybridized carbons (Fsp3) is 0.300. The van der Waals surface area contributed by atoms with Gasteiger partial charge in [0.25, 0.3) is 11.6 Å². The van der Waals surface area contributed by atoms with Gasteiger partial charge in [0.05, 0.1) is 4.92 Å². The third-order valence-corrected chi connectivity index (χ3v) is 2.94. The van der Waals surface area contributed by atoms with Crippen molar-refractivity contribution in [1.82, 2.24) is 5.32 Å². The first kappa shape index (κ1) is 14.1. The first-order valence-corrected chi connectivity index (χ1v) is 6.76. The first-order valence-electron chi connectivity index (χ1n) is 5.04. The minimum absolute atomic E-state index is 0.0632. The average molecular weight is 271 g/mol. The Bertz CT molecular complexity index is 504. The van der Waals surface area contributed by atoms with E-state index in [0.717, 1.165) is 0 Å². The van der Waals surface area contributed by atoms with Crippen molar-refractivity contribution >= 4 is 28.1 Å². The number of carbonyl (C=O) groups is 1. The van der Waals surface area contributed by atoms with E-state index in [-0.39, 0.29) is 23.5 Å². The molecule has 0 aliphatic carbocycles. The highest BCUT2D eigenvalue weighted by atomic mass is 32.2. The summed E-state index contributed by atoms with van der Waals surface area (Å²) >= 11 is 0. The Labute approximate surface area is 106 Å². The van der Waals surface area contributed by atoms with E-state index in [1.54, 1.807) is 0 Å². The summed E-state index contributed by atoms with van der Waals surface area (Å²) in [5.74, 6) is -0.0455. The fourth-order valence-corrected chi connectivity index (χ4v) is 1.66. The topological polar surface area (TPSA) is 115 Å². The molecule has 1 amide bonds. The van der Waals surface area contributed by atoms with Crippen LogP contribution >= 0.6 is 0 Å². The van der Waals surface area contributed by atoms with E-state index in [4.69, 9.17) is 5.73 Å². The maximum Gasteiger partial charge on any atom is 0.292 e. The van der Waals surface area contributed by atoms with Gasteiger partial charge < -0.3 is 11.1 Å². The van der Waals surface area contributed by atoms with Gasteiger partial charge in [-0.15, -0.1) is 0 Å².